The van der Waals surface area contributed by atoms with Crippen LogP contribution in [0.1, 0.15) is 239 Å². The summed E-state index contributed by atoms with van der Waals surface area (Å²) in [6.07, 6.45) is 2.53. The van der Waals surface area contributed by atoms with Gasteiger partial charge in [0, 0.05) is 57.7 Å². The van der Waals surface area contributed by atoms with Crippen molar-refractivity contribution in [3.8, 4) is 0 Å². The highest BCUT2D eigenvalue weighted by molar-refractivity contribution is 6.74. The first-order valence-electron chi connectivity index (χ1n) is 54.1. The monoisotopic (exact) mass is 2060 g/mol. The summed E-state index contributed by atoms with van der Waals surface area (Å²) in [5, 5.41) is 37.4. The third-order valence-corrected chi connectivity index (χ3v) is 50.1. The van der Waals surface area contributed by atoms with E-state index >= 15 is 0 Å². The smallest absolute Gasteiger partial charge is 0.338 e. The summed E-state index contributed by atoms with van der Waals surface area (Å²) in [5.41, 5.74) is -4.73. The first-order valence-corrected chi connectivity index (χ1v) is 64.7. The van der Waals surface area contributed by atoms with Crippen LogP contribution in [0.5, 0.6) is 0 Å². The molecule has 30 heteroatoms. The highest BCUT2D eigenvalue weighted by Gasteiger charge is 2.82. The molecule has 790 valence electrons. The predicted octanol–water partition coefficient (Wildman–Crippen LogP) is 18.7. The Hall–Kier alpha value is -6.32. The molecule has 3 unspecified atom stereocenters. The SMILES string of the molecule is C=CC1O[C@@H]2C3=C(C)[C@@H](O)C[C@@](O)([C@@H](OC(=O)c4ccccc4)[C@H]4[C@@](C)(CC[C@H]5OC[C@]54OC(=O)C4CC4)[C@@H]2O1)C3(C)C.C=CC1O[C@@H]2C3=C(C)[C@@H](O[Si](CC)(CC)CC)C[C@@](O[SiH](C)C)([C@@H](OC(=O)c4ccccc4)[C@H]4[C@@](C)(CC[C@H]5OC[C@]54O)[C@@H]2O1)C3(C)C.C=CC1O[C@@H]2C3=C(C)[C@@H](O[Si](CC)(CC)CC)C[C@@](O[SiH](C)C)([C@@H](OC(=O)c4ccccc4)[C@H]4[C@@](C)(CC[C@H]5OC[C@]54OC(=O)C4CC4)[C@@H]2O1)C3(C)C. The number of rotatable bonds is 27. The van der Waals surface area contributed by atoms with Crippen LogP contribution in [-0.4, -0.2) is 244 Å². The van der Waals surface area contributed by atoms with Gasteiger partial charge in [0.2, 0.25) is 0 Å². The Morgan fingerprint density at radius 3 is 1.05 bits per heavy atom. The molecule has 3 aromatic carbocycles. The van der Waals surface area contributed by atoms with Crippen LogP contribution in [0.2, 0.25) is 62.5 Å². The second-order valence-electron chi connectivity index (χ2n) is 48.0. The molecule has 0 radical (unpaired) electrons. The molecule has 8 saturated carbocycles. The van der Waals surface area contributed by atoms with Gasteiger partial charge in [-0.05, 0) is 235 Å². The largest absolute Gasteiger partial charge is 0.455 e. The highest BCUT2D eigenvalue weighted by atomic mass is 28.4. The summed E-state index contributed by atoms with van der Waals surface area (Å²) in [5.74, 6) is -4.07. The minimum Gasteiger partial charge on any atom is -0.455 e. The van der Waals surface area contributed by atoms with Crippen molar-refractivity contribution in [2.75, 3.05) is 19.8 Å². The molecule has 26 nitrogen and oxygen atoms in total. The zero-order valence-corrected chi connectivity index (χ0v) is 93.5. The Bertz CT molecular complexity index is 5400. The molecule has 0 spiro atoms. The second-order valence-corrected chi connectivity index (χ2v) is 62.1. The maximum Gasteiger partial charge on any atom is 0.338 e. The number of ether oxygens (including phenoxy) is 14. The van der Waals surface area contributed by atoms with E-state index in [1.165, 1.54) is 0 Å². The Labute approximate surface area is 858 Å². The van der Waals surface area contributed by atoms with Gasteiger partial charge in [0.15, 0.2) is 64.8 Å². The molecule has 6 saturated heterocycles. The quantitative estimate of drug-likeness (QED) is 0.0276. The first kappa shape index (κ1) is 107. The first-order chi connectivity index (χ1) is 68.2. The molecule has 20 rings (SSSR count). The number of carbonyl (C=O) groups excluding carboxylic acids is 5. The molecule has 17 aliphatic rings. The van der Waals surface area contributed by atoms with Crippen LogP contribution < -0.4 is 0 Å². The maximum atomic E-state index is 14.7. The van der Waals surface area contributed by atoms with Gasteiger partial charge in [-0.3, -0.25) is 9.59 Å². The average molecular weight is 2060 g/mol. The van der Waals surface area contributed by atoms with E-state index in [0.29, 0.717) is 73.6 Å². The number of aliphatic hydroxyl groups is 3. The van der Waals surface area contributed by atoms with Gasteiger partial charge < -0.3 is 99.3 Å². The lowest BCUT2D eigenvalue weighted by molar-refractivity contribution is -0.346. The van der Waals surface area contributed by atoms with E-state index in [1.807, 2.05) is 63.2 Å². The predicted molar refractivity (Wildman–Crippen MR) is 552 cm³/mol. The number of aliphatic hydroxyl groups excluding tert-OH is 1. The van der Waals surface area contributed by atoms with E-state index < -0.39 is 222 Å². The summed E-state index contributed by atoms with van der Waals surface area (Å²) in [4.78, 5) is 70.3. The number of benzene rings is 3. The van der Waals surface area contributed by atoms with Gasteiger partial charge >= 0.3 is 29.8 Å². The van der Waals surface area contributed by atoms with Crippen molar-refractivity contribution in [1.82, 2.24) is 0 Å². The fraction of sp³-hybridized carbons (Fsp3) is 0.693. The van der Waals surface area contributed by atoms with Gasteiger partial charge in [-0.2, -0.15) is 0 Å². The van der Waals surface area contributed by atoms with Crippen LogP contribution in [0, 0.1) is 62.1 Å². The van der Waals surface area contributed by atoms with Crippen molar-refractivity contribution in [1.29, 1.82) is 0 Å². The molecule has 144 heavy (non-hydrogen) atoms. The highest BCUT2D eigenvalue weighted by Crippen LogP contribution is 2.73. The lowest BCUT2D eigenvalue weighted by Gasteiger charge is -2.69. The molecule has 6 bridgehead atoms. The van der Waals surface area contributed by atoms with Crippen LogP contribution in [-0.2, 0) is 93.6 Å². The van der Waals surface area contributed by atoms with Gasteiger partial charge in [-0.1, -0.05) is 178 Å². The van der Waals surface area contributed by atoms with Gasteiger partial charge in [0.05, 0.1) is 103 Å². The summed E-state index contributed by atoms with van der Waals surface area (Å²) in [7, 11) is -8.04. The van der Waals surface area contributed by atoms with Crippen LogP contribution >= 0.6 is 0 Å². The lowest BCUT2D eigenvalue weighted by atomic mass is 9.45. The Kier molecular flexibility index (Phi) is 29.4. The molecule has 0 aromatic heterocycles. The number of hydrogen-bond acceptors (Lipinski definition) is 26. The van der Waals surface area contributed by atoms with Gasteiger partial charge in [0.25, 0.3) is 0 Å². The van der Waals surface area contributed by atoms with Gasteiger partial charge in [-0.15, -0.1) is 0 Å². The fourth-order valence-corrected chi connectivity index (χ4v) is 38.8. The van der Waals surface area contributed by atoms with Gasteiger partial charge in [0.1, 0.15) is 71.2 Å². The van der Waals surface area contributed by atoms with E-state index in [1.54, 1.807) is 66.8 Å². The molecule has 30 atom stereocenters. The summed E-state index contributed by atoms with van der Waals surface area (Å²) >= 11 is 0. The molecule has 14 fully saturated rings. The molecule has 3 aromatic rings. The average Bonchev–Trinajstić information content (AvgIpc) is 1.34. The van der Waals surface area contributed by atoms with Crippen LogP contribution in [0.25, 0.3) is 0 Å². The summed E-state index contributed by atoms with van der Waals surface area (Å²) < 4.78 is 123. The topological polar surface area (TPSA) is 312 Å². The van der Waals surface area contributed by atoms with Crippen molar-refractivity contribution in [3.63, 3.8) is 0 Å². The normalized spacial score (nSPS) is 41.0. The Balaban J connectivity index is 0.000000143. The third-order valence-electron chi connectivity index (χ3n) is 39.0. The molecule has 6 aliphatic heterocycles. The minimum absolute atomic E-state index is 0.0735. The molecular weight excluding hydrogens is 1900 g/mol. The zero-order valence-electron chi connectivity index (χ0n) is 89.2. The maximum absolute atomic E-state index is 14.7. The van der Waals surface area contributed by atoms with Crippen LogP contribution in [0.15, 0.2) is 162 Å². The zero-order chi connectivity index (χ0) is 104. The van der Waals surface area contributed by atoms with E-state index in [0.717, 1.165) is 89.8 Å². The number of esters is 5. The second kappa shape index (κ2) is 39.4. The summed E-state index contributed by atoms with van der Waals surface area (Å²) in [6.45, 7) is 60.3. The molecule has 6 heterocycles. The standard InChI is InChI=1S/C42H62O9Si2.C38H58O8Si2.C34H42O9/c1-11-31-46-33-32-26(5)29(50-53(12-2,13-3)14-4)24-42(39(32,6)7,51-52(9)10)36(48-37(43)27-18-16-15-17-19-27)34-40(8,35(33)47-31)23-22-30-41(34,25-45-30)49-38(44)28-20-21-28;1-11-28-42-30-29-24(5)26(45-48(12-2,13-3)14-4)22-38(35(29,6)7,46-47(9)10)33(44-34(39)25-18-16-15-17-19-25)31-36(8,32(30)43-28)21-20-27-37(31,40)23-41-27;1-6-23-40-25-24-18(2)21(35)16-34(38,31(24,3)4)28(42-29(36)19-10-8-7-9-11-19)26-32(5,27(25)41-23)15-14-22-33(26,17-39-22)43-30(37)20-12-13-20/h11,15-19,28-31,33-36,52H,1,12-14,20-25H2,2-10H3;11,15-19,26-28,30-33,40,47H,1,12-14,20-23H2,2-10H3;6-11,20-23,25-28,35,38H,1,12-17H2,2-5H3/t29-,30+,31?,33+,34-,35+,36-,40+,41-,42+;26-,27+,28?,30+,31-,32+,33-,36+,37-,38+;21-,22+,23?,25+,26-,27+,28-,32+,33-,34+/m000/s1. The Morgan fingerprint density at radius 2 is 0.736 bits per heavy atom. The van der Waals surface area contributed by atoms with E-state index in [9.17, 15) is 39.3 Å². The van der Waals surface area contributed by atoms with Crippen molar-refractivity contribution in [3.05, 3.63) is 179 Å². The van der Waals surface area contributed by atoms with Crippen molar-refractivity contribution in [2.24, 2.45) is 62.1 Å². The van der Waals surface area contributed by atoms with Crippen LogP contribution in [0.4, 0.5) is 0 Å². The molecule has 0 amide bonds. The van der Waals surface area contributed by atoms with E-state index in [2.05, 4.69) is 150 Å². The van der Waals surface area contributed by atoms with Crippen molar-refractivity contribution < 1.29 is 123 Å². The molecular formula is C114H162O26Si4. The number of hydrogen-bond donors (Lipinski definition) is 3. The minimum atomic E-state index is -2.17. The third kappa shape index (κ3) is 17.1. The van der Waals surface area contributed by atoms with E-state index in [4.69, 9.17) is 84.0 Å². The molecule has 3 N–H and O–H groups in total. The fourth-order valence-electron chi connectivity index (χ4n) is 30.3. The van der Waals surface area contributed by atoms with Gasteiger partial charge in [-0.25, -0.2) is 14.4 Å². The molecule has 11 aliphatic carbocycles. The Morgan fingerprint density at radius 1 is 0.417 bits per heavy atom. The number of carbonyl (C=O) groups is 5. The number of fused-ring (bicyclic) bond motifs is 24. The van der Waals surface area contributed by atoms with Crippen LogP contribution in [0.3, 0.4) is 0 Å². The van der Waals surface area contributed by atoms with E-state index in [-0.39, 0.29) is 74.4 Å². The lowest BCUT2D eigenvalue weighted by Crippen LogP contribution is -2.80. The van der Waals surface area contributed by atoms with Crippen molar-refractivity contribution in [2.45, 2.75) is 415 Å². The summed E-state index contributed by atoms with van der Waals surface area (Å²) in [6, 6.07) is 33.0. The van der Waals surface area contributed by atoms with Crippen molar-refractivity contribution >= 4 is 64.6 Å².